The summed E-state index contributed by atoms with van der Waals surface area (Å²) in [6.45, 7) is 10.4. The number of hydrogen-bond donors (Lipinski definition) is 2. The molecule has 1 aliphatic rings. The summed E-state index contributed by atoms with van der Waals surface area (Å²) < 4.78 is 4.93. The molecule has 0 spiro atoms. The van der Waals surface area contributed by atoms with Crippen LogP contribution in [0.1, 0.15) is 30.9 Å². The summed E-state index contributed by atoms with van der Waals surface area (Å²) in [5.74, 6) is 0.138. The van der Waals surface area contributed by atoms with Crippen molar-refractivity contribution in [2.75, 3.05) is 6.61 Å². The molecule has 0 aliphatic carbocycles. The first-order valence-corrected chi connectivity index (χ1v) is 14.1. The predicted octanol–water partition coefficient (Wildman–Crippen LogP) is 6.89. The summed E-state index contributed by atoms with van der Waals surface area (Å²) in [6.07, 6.45) is 5.93. The largest absolute Gasteiger partial charge is 0.512 e. The number of aliphatic hydroxyl groups excluding tert-OH is 1. The Bertz CT molecular complexity index is 875. The molecule has 5 heteroatoms. The second kappa shape index (κ2) is 11.0. The number of ether oxygens (including phenoxy) is 1. The summed E-state index contributed by atoms with van der Waals surface area (Å²) in [7, 11) is -0.956. The van der Waals surface area contributed by atoms with Gasteiger partial charge in [-0.05, 0) is 42.2 Å². The number of benzene rings is 2. The van der Waals surface area contributed by atoms with Gasteiger partial charge in [0.05, 0.1) is 5.76 Å². The number of aliphatic hydroxyl groups is 1. The van der Waals surface area contributed by atoms with Gasteiger partial charge in [-0.2, -0.15) is 0 Å². The van der Waals surface area contributed by atoms with Crippen molar-refractivity contribution < 1.29 is 19.7 Å². The lowest BCUT2D eigenvalue weighted by Crippen LogP contribution is -2.36. The highest BCUT2D eigenvalue weighted by Gasteiger charge is 2.38. The Hall–Kier alpha value is -2.79. The van der Waals surface area contributed by atoms with Gasteiger partial charge in [0, 0.05) is 13.5 Å². The summed E-state index contributed by atoms with van der Waals surface area (Å²) in [4.78, 5) is 10.2. The maximum absolute atomic E-state index is 10.4. The van der Waals surface area contributed by atoms with Crippen LogP contribution >= 0.6 is 0 Å². The number of carboxylic acid groups (broad SMARTS) is 1. The fourth-order valence-corrected chi connectivity index (χ4v) is 6.17. The summed E-state index contributed by atoms with van der Waals surface area (Å²) in [6, 6.07) is 19.8. The van der Waals surface area contributed by atoms with Crippen LogP contribution in [-0.4, -0.2) is 30.9 Å². The minimum Gasteiger partial charge on any atom is -0.512 e. The van der Waals surface area contributed by atoms with Crippen molar-refractivity contribution in [3.05, 3.63) is 78.1 Å². The molecule has 2 aromatic carbocycles. The topological polar surface area (TPSA) is 66.8 Å². The number of carboxylic acids is 1. The molecule has 0 radical (unpaired) electrons. The van der Waals surface area contributed by atoms with Gasteiger partial charge in [0.15, 0.2) is 6.61 Å². The lowest BCUT2D eigenvalue weighted by Gasteiger charge is -2.40. The van der Waals surface area contributed by atoms with Gasteiger partial charge in [-0.15, -0.1) is 0 Å². The lowest BCUT2D eigenvalue weighted by molar-refractivity contribution is -0.139. The van der Waals surface area contributed by atoms with Gasteiger partial charge in [0.2, 0.25) is 0 Å². The number of carbonyl (C=O) groups is 1. The molecule has 1 fully saturated rings. The Balaban J connectivity index is 0.000000233. The van der Waals surface area contributed by atoms with Crippen LogP contribution in [-0.2, 0) is 4.79 Å². The summed E-state index contributed by atoms with van der Waals surface area (Å²) in [5, 5.41) is 18.8. The molecule has 1 heterocycles. The molecule has 3 rings (SSSR count). The van der Waals surface area contributed by atoms with Crippen molar-refractivity contribution >= 4 is 26.2 Å². The molecule has 0 atom stereocenters. The average molecular weight is 439 g/mol. The van der Waals surface area contributed by atoms with E-state index < -0.39 is 14.0 Å². The number of hydrogen-bond acceptors (Lipinski definition) is 3. The quantitative estimate of drug-likeness (QED) is 0.381. The van der Waals surface area contributed by atoms with Crippen LogP contribution in [0.4, 0.5) is 0 Å². The normalized spacial score (nSPS) is 17.1. The second-order valence-corrected chi connectivity index (χ2v) is 14.4. The van der Waals surface area contributed by atoms with Crippen LogP contribution in [0, 0.1) is 5.41 Å². The van der Waals surface area contributed by atoms with E-state index in [-0.39, 0.29) is 12.0 Å². The third-order valence-corrected chi connectivity index (χ3v) is 9.11. The highest BCUT2D eigenvalue weighted by Crippen LogP contribution is 2.45. The molecule has 0 unspecified atom stereocenters. The van der Waals surface area contributed by atoms with E-state index >= 15 is 0 Å². The smallest absolute Gasteiger partial charge is 0.341 e. The highest BCUT2D eigenvalue weighted by atomic mass is 28.3. The Morgan fingerprint density at radius 2 is 1.61 bits per heavy atom. The molecule has 0 amide bonds. The number of allylic oxidation sites excluding steroid dienone is 1. The minimum atomic E-state index is -0.979. The summed E-state index contributed by atoms with van der Waals surface area (Å²) in [5.41, 5.74) is 2.07. The van der Waals surface area contributed by atoms with Gasteiger partial charge in [0.1, 0.15) is 5.75 Å². The molecule has 2 N–H and O–H groups in total. The second-order valence-electron chi connectivity index (χ2n) is 9.12. The van der Waals surface area contributed by atoms with Gasteiger partial charge < -0.3 is 14.9 Å². The Kier molecular flexibility index (Phi) is 8.69. The van der Waals surface area contributed by atoms with Gasteiger partial charge in [-0.3, -0.25) is 0 Å². The zero-order valence-corrected chi connectivity index (χ0v) is 19.8. The van der Waals surface area contributed by atoms with Crippen LogP contribution in [0.15, 0.2) is 66.9 Å². The number of rotatable bonds is 6. The van der Waals surface area contributed by atoms with Crippen LogP contribution in [0.5, 0.6) is 5.75 Å². The van der Waals surface area contributed by atoms with Gasteiger partial charge in [-0.1, -0.05) is 87.2 Å². The fraction of sp³-hybridized carbons (Fsp3) is 0.346. The molecular formula is C26H34O4Si. The minimum absolute atomic E-state index is 0.00163. The van der Waals surface area contributed by atoms with E-state index in [9.17, 15) is 9.90 Å². The monoisotopic (exact) mass is 438 g/mol. The van der Waals surface area contributed by atoms with Crippen molar-refractivity contribution in [2.24, 2.45) is 5.41 Å². The zero-order chi connectivity index (χ0) is 22.9. The fourth-order valence-electron chi connectivity index (χ4n) is 3.46. The maximum atomic E-state index is 10.4. The van der Waals surface area contributed by atoms with E-state index in [1.54, 1.807) is 18.2 Å². The van der Waals surface area contributed by atoms with Crippen LogP contribution in [0.3, 0.4) is 0 Å². The van der Waals surface area contributed by atoms with Crippen molar-refractivity contribution in [3.8, 4) is 5.75 Å². The molecule has 0 saturated carbocycles. The third-order valence-electron chi connectivity index (χ3n) is 5.91. The molecule has 4 nitrogen and oxygen atoms in total. The first-order chi connectivity index (χ1) is 14.6. The highest BCUT2D eigenvalue weighted by molar-refractivity contribution is 6.77. The predicted molar refractivity (Wildman–Crippen MR) is 131 cm³/mol. The summed E-state index contributed by atoms with van der Waals surface area (Å²) >= 11 is 0. The van der Waals surface area contributed by atoms with Gasteiger partial charge in [0.25, 0.3) is 0 Å². The molecule has 0 bridgehead atoms. The van der Waals surface area contributed by atoms with Gasteiger partial charge in [-0.25, -0.2) is 4.79 Å². The molecule has 1 aliphatic heterocycles. The lowest BCUT2D eigenvalue weighted by atomic mass is 9.81. The van der Waals surface area contributed by atoms with Crippen molar-refractivity contribution in [2.45, 2.75) is 44.9 Å². The van der Waals surface area contributed by atoms with Crippen LogP contribution in [0.2, 0.25) is 25.2 Å². The third kappa shape index (κ3) is 8.10. The van der Waals surface area contributed by atoms with E-state index in [1.165, 1.54) is 12.1 Å². The SMILES string of the molecule is C=Cc1ccc(OCC(=O)O)cc1.CC1(C(O)=Cc2ccccc2)CC[Si](C)(C)CC1. The van der Waals surface area contributed by atoms with Crippen LogP contribution < -0.4 is 4.74 Å². The molecule has 1 saturated heterocycles. The van der Waals surface area contributed by atoms with E-state index in [4.69, 9.17) is 9.84 Å². The van der Waals surface area contributed by atoms with Crippen molar-refractivity contribution in [1.82, 2.24) is 0 Å². The molecule has 31 heavy (non-hydrogen) atoms. The van der Waals surface area contributed by atoms with E-state index in [1.807, 2.05) is 48.5 Å². The van der Waals surface area contributed by atoms with E-state index in [0.717, 1.165) is 24.0 Å². The first kappa shape index (κ1) is 24.5. The van der Waals surface area contributed by atoms with E-state index in [2.05, 4.69) is 26.6 Å². The van der Waals surface area contributed by atoms with Crippen LogP contribution in [0.25, 0.3) is 12.2 Å². The molecule has 166 valence electrons. The van der Waals surface area contributed by atoms with E-state index in [0.29, 0.717) is 11.5 Å². The van der Waals surface area contributed by atoms with Crippen molar-refractivity contribution in [1.29, 1.82) is 0 Å². The first-order valence-electron chi connectivity index (χ1n) is 10.7. The molecular weight excluding hydrogens is 404 g/mol. The Labute approximate surface area is 186 Å². The van der Waals surface area contributed by atoms with Gasteiger partial charge >= 0.3 is 5.97 Å². The molecule has 0 aromatic heterocycles. The standard InChI is InChI=1S/C16H24OSi.C10H10O3/c1-16(9-11-18(2,3)12-10-16)15(17)13-14-7-5-4-6-8-14;1-2-8-3-5-9(6-4-8)13-7-10(11)12/h4-8,13,17H,9-12H2,1-3H3;2-6H,1,7H2,(H,11,12). The van der Waals surface area contributed by atoms with Crippen molar-refractivity contribution in [3.63, 3.8) is 0 Å². The maximum Gasteiger partial charge on any atom is 0.341 e. The number of aliphatic carboxylic acids is 1. The average Bonchev–Trinajstić information content (AvgIpc) is 2.76. The zero-order valence-electron chi connectivity index (χ0n) is 18.8. The molecule has 2 aromatic rings. The Morgan fingerprint density at radius 1 is 1.03 bits per heavy atom. The Morgan fingerprint density at radius 3 is 2.13 bits per heavy atom.